The van der Waals surface area contributed by atoms with Crippen LogP contribution in [0.4, 0.5) is 0 Å². The van der Waals surface area contributed by atoms with Gasteiger partial charge in [-0.15, -0.1) is 0 Å². The fourth-order valence-corrected chi connectivity index (χ4v) is 2.37. The number of hydrogen-bond acceptors (Lipinski definition) is 4. The molecule has 8 nitrogen and oxygen atoms in total. The standard InChI is InChI=1S/C17H19N3O5/c1-19-15(23)13(10-18-17(19)25)16(24)20(9-5-8-14(21)22)11-12-6-3-2-4-7-12/h2-4,6-7,10H,5,8-9,11H2,1H3,(H,18,25)(H,21,22). The van der Waals surface area contributed by atoms with E-state index in [-0.39, 0.29) is 31.5 Å². The lowest BCUT2D eigenvalue weighted by Crippen LogP contribution is -2.41. The summed E-state index contributed by atoms with van der Waals surface area (Å²) in [6.07, 6.45) is 1.28. The van der Waals surface area contributed by atoms with E-state index in [1.165, 1.54) is 11.9 Å². The molecule has 2 N–H and O–H groups in total. The van der Waals surface area contributed by atoms with Crippen LogP contribution in [0.2, 0.25) is 0 Å². The summed E-state index contributed by atoms with van der Waals surface area (Å²) in [7, 11) is 1.28. The molecule has 1 aromatic carbocycles. The molecule has 0 saturated carbocycles. The van der Waals surface area contributed by atoms with Gasteiger partial charge >= 0.3 is 11.7 Å². The van der Waals surface area contributed by atoms with Crippen molar-refractivity contribution >= 4 is 11.9 Å². The number of carbonyl (C=O) groups is 2. The van der Waals surface area contributed by atoms with E-state index in [2.05, 4.69) is 4.98 Å². The number of aromatic nitrogens is 2. The lowest BCUT2D eigenvalue weighted by Gasteiger charge is -2.22. The lowest BCUT2D eigenvalue weighted by molar-refractivity contribution is -0.137. The topological polar surface area (TPSA) is 112 Å². The minimum absolute atomic E-state index is 0.0811. The molecule has 1 heterocycles. The molecule has 0 fully saturated rings. The summed E-state index contributed by atoms with van der Waals surface area (Å²) in [5.74, 6) is -1.50. The molecular weight excluding hydrogens is 326 g/mol. The minimum atomic E-state index is -0.952. The van der Waals surface area contributed by atoms with Gasteiger partial charge in [0, 0.05) is 32.8 Å². The summed E-state index contributed by atoms with van der Waals surface area (Å²) >= 11 is 0. The second-order valence-corrected chi connectivity index (χ2v) is 5.58. The van der Waals surface area contributed by atoms with E-state index in [0.717, 1.165) is 16.3 Å². The number of nitrogens with zero attached hydrogens (tertiary/aromatic N) is 2. The Kier molecular flexibility index (Phi) is 5.89. The molecule has 2 aromatic rings. The van der Waals surface area contributed by atoms with Crippen molar-refractivity contribution < 1.29 is 14.7 Å². The Morgan fingerprint density at radius 3 is 2.52 bits per heavy atom. The Labute approximate surface area is 143 Å². The first-order valence-electron chi connectivity index (χ1n) is 7.74. The number of amides is 1. The molecule has 1 aromatic heterocycles. The Balaban J connectivity index is 2.28. The molecule has 0 aliphatic carbocycles. The van der Waals surface area contributed by atoms with Crippen molar-refractivity contribution in [3.63, 3.8) is 0 Å². The number of aromatic amines is 1. The van der Waals surface area contributed by atoms with Gasteiger partial charge in [0.1, 0.15) is 5.56 Å². The van der Waals surface area contributed by atoms with E-state index in [9.17, 15) is 19.2 Å². The van der Waals surface area contributed by atoms with Crippen LogP contribution >= 0.6 is 0 Å². The van der Waals surface area contributed by atoms with Crippen LogP contribution in [-0.2, 0) is 18.4 Å². The monoisotopic (exact) mass is 345 g/mol. The van der Waals surface area contributed by atoms with Crippen LogP contribution in [0.3, 0.4) is 0 Å². The van der Waals surface area contributed by atoms with Gasteiger partial charge in [-0.1, -0.05) is 30.3 Å². The maximum absolute atomic E-state index is 12.8. The second kappa shape index (κ2) is 8.09. The molecule has 0 bridgehead atoms. The number of benzene rings is 1. The van der Waals surface area contributed by atoms with Crippen LogP contribution < -0.4 is 11.2 Å². The van der Waals surface area contributed by atoms with Crippen molar-refractivity contribution in [2.24, 2.45) is 7.05 Å². The highest BCUT2D eigenvalue weighted by Gasteiger charge is 2.20. The van der Waals surface area contributed by atoms with Gasteiger partial charge < -0.3 is 15.0 Å². The van der Waals surface area contributed by atoms with Gasteiger partial charge in [-0.3, -0.25) is 19.0 Å². The fraction of sp³-hybridized carbons (Fsp3) is 0.294. The molecule has 0 saturated heterocycles. The average Bonchev–Trinajstić information content (AvgIpc) is 2.59. The maximum Gasteiger partial charge on any atom is 0.328 e. The third-order valence-corrected chi connectivity index (χ3v) is 3.73. The number of rotatable bonds is 7. The number of carboxylic acid groups (broad SMARTS) is 1. The highest BCUT2D eigenvalue weighted by atomic mass is 16.4. The largest absolute Gasteiger partial charge is 0.481 e. The minimum Gasteiger partial charge on any atom is -0.481 e. The molecule has 0 aliphatic heterocycles. The Morgan fingerprint density at radius 1 is 1.20 bits per heavy atom. The number of aliphatic carboxylic acids is 1. The number of carbonyl (C=O) groups excluding carboxylic acids is 1. The molecule has 132 valence electrons. The van der Waals surface area contributed by atoms with Gasteiger partial charge in [-0.2, -0.15) is 0 Å². The van der Waals surface area contributed by atoms with E-state index in [0.29, 0.717) is 0 Å². The van der Waals surface area contributed by atoms with E-state index in [1.807, 2.05) is 30.3 Å². The summed E-state index contributed by atoms with van der Waals surface area (Å²) in [6.45, 7) is 0.421. The van der Waals surface area contributed by atoms with Gasteiger partial charge in [0.05, 0.1) is 0 Å². The van der Waals surface area contributed by atoms with Crippen molar-refractivity contribution in [1.82, 2.24) is 14.5 Å². The van der Waals surface area contributed by atoms with Crippen LogP contribution in [0.5, 0.6) is 0 Å². The highest BCUT2D eigenvalue weighted by Crippen LogP contribution is 2.09. The number of hydrogen-bond donors (Lipinski definition) is 2. The third kappa shape index (κ3) is 4.66. The summed E-state index contributed by atoms with van der Waals surface area (Å²) < 4.78 is 0.825. The SMILES string of the molecule is Cn1c(=O)[nH]cc(C(=O)N(CCCC(=O)O)Cc2ccccc2)c1=O. The van der Waals surface area contributed by atoms with Crippen LogP contribution in [-0.4, -0.2) is 38.0 Å². The van der Waals surface area contributed by atoms with Crippen LogP contribution in [0, 0.1) is 0 Å². The molecule has 0 spiro atoms. The number of carboxylic acids is 1. The first kappa shape index (κ1) is 18.2. The molecular formula is C17H19N3O5. The fourth-order valence-electron chi connectivity index (χ4n) is 2.37. The van der Waals surface area contributed by atoms with Crippen LogP contribution in [0.15, 0.2) is 46.1 Å². The van der Waals surface area contributed by atoms with Crippen molar-refractivity contribution in [1.29, 1.82) is 0 Å². The first-order chi connectivity index (χ1) is 11.9. The first-order valence-corrected chi connectivity index (χ1v) is 7.74. The van der Waals surface area contributed by atoms with E-state index >= 15 is 0 Å². The molecule has 0 aliphatic rings. The zero-order valence-corrected chi connectivity index (χ0v) is 13.8. The van der Waals surface area contributed by atoms with Gasteiger partial charge in [0.15, 0.2) is 0 Å². The number of H-pyrrole nitrogens is 1. The van der Waals surface area contributed by atoms with E-state index < -0.39 is 23.1 Å². The van der Waals surface area contributed by atoms with Crippen molar-refractivity contribution in [3.05, 3.63) is 68.5 Å². The van der Waals surface area contributed by atoms with Crippen molar-refractivity contribution in [3.8, 4) is 0 Å². The van der Waals surface area contributed by atoms with Gasteiger partial charge in [0.2, 0.25) is 0 Å². The Morgan fingerprint density at radius 2 is 1.88 bits per heavy atom. The molecule has 25 heavy (non-hydrogen) atoms. The van der Waals surface area contributed by atoms with Crippen LogP contribution in [0.25, 0.3) is 0 Å². The third-order valence-electron chi connectivity index (χ3n) is 3.73. The zero-order valence-electron chi connectivity index (χ0n) is 13.8. The smallest absolute Gasteiger partial charge is 0.328 e. The molecule has 0 radical (unpaired) electrons. The normalized spacial score (nSPS) is 10.4. The highest BCUT2D eigenvalue weighted by molar-refractivity contribution is 5.93. The summed E-state index contributed by atoms with van der Waals surface area (Å²) in [5, 5.41) is 8.79. The van der Waals surface area contributed by atoms with Gasteiger partial charge in [-0.25, -0.2) is 4.79 Å². The van der Waals surface area contributed by atoms with Gasteiger partial charge in [0.25, 0.3) is 11.5 Å². The van der Waals surface area contributed by atoms with E-state index in [4.69, 9.17) is 5.11 Å². The summed E-state index contributed by atoms with van der Waals surface area (Å²) in [5.41, 5.74) is -0.604. The summed E-state index contributed by atoms with van der Waals surface area (Å²) in [4.78, 5) is 50.8. The molecule has 8 heteroatoms. The predicted molar refractivity (Wildman–Crippen MR) is 90.4 cm³/mol. The lowest BCUT2D eigenvalue weighted by atomic mass is 10.1. The van der Waals surface area contributed by atoms with Crippen molar-refractivity contribution in [2.75, 3.05) is 6.54 Å². The molecule has 2 rings (SSSR count). The molecule has 0 unspecified atom stereocenters. The molecule has 0 atom stereocenters. The Bertz CT molecular complexity index is 870. The Hall–Kier alpha value is -3.16. The summed E-state index contributed by atoms with van der Waals surface area (Å²) in [6, 6.07) is 9.17. The van der Waals surface area contributed by atoms with Crippen molar-refractivity contribution in [2.45, 2.75) is 19.4 Å². The van der Waals surface area contributed by atoms with Gasteiger partial charge in [-0.05, 0) is 12.0 Å². The van der Waals surface area contributed by atoms with Crippen LogP contribution in [0.1, 0.15) is 28.8 Å². The predicted octanol–water partition coefficient (Wildman–Crippen LogP) is 0.581. The average molecular weight is 345 g/mol. The second-order valence-electron chi connectivity index (χ2n) is 5.58. The quantitative estimate of drug-likeness (QED) is 0.762. The molecule has 1 amide bonds. The maximum atomic E-state index is 12.8. The van der Waals surface area contributed by atoms with E-state index in [1.54, 1.807) is 0 Å². The zero-order chi connectivity index (χ0) is 18.4. The number of nitrogens with one attached hydrogen (secondary N) is 1.